The Labute approximate surface area is 221 Å². The Balaban J connectivity index is 1.47. The molecule has 7 heteroatoms. The minimum absolute atomic E-state index is 0.0693. The number of nitrogens with zero attached hydrogens (tertiary/aromatic N) is 1. The van der Waals surface area contributed by atoms with Crippen molar-refractivity contribution in [1.82, 2.24) is 4.90 Å². The molecule has 3 aromatic rings. The number of benzene rings is 3. The topological polar surface area (TPSA) is 49.4 Å². The molecule has 0 bridgehead atoms. The average Bonchev–Trinajstić information content (AvgIpc) is 2.92. The van der Waals surface area contributed by atoms with E-state index in [-0.39, 0.29) is 17.7 Å². The quantitative estimate of drug-likeness (QED) is 0.329. The van der Waals surface area contributed by atoms with E-state index < -0.39 is 11.7 Å². The first kappa shape index (κ1) is 27.4. The Bertz CT molecular complexity index is 1290. The number of carbonyl (C=O) groups is 2. The lowest BCUT2D eigenvalue weighted by Gasteiger charge is -2.32. The summed E-state index contributed by atoms with van der Waals surface area (Å²) in [5, 5.41) is 2.94. The largest absolute Gasteiger partial charge is 0.416 e. The SMILES string of the molecule is CCCCC(CC)C(=O)N1CCc2cc(NC(=O)c3ccccc3-c3ccc(C(F)(F)F)cc3)ccc2C1. The van der Waals surface area contributed by atoms with Crippen molar-refractivity contribution in [3.63, 3.8) is 0 Å². The van der Waals surface area contributed by atoms with Gasteiger partial charge in [-0.1, -0.05) is 63.1 Å². The van der Waals surface area contributed by atoms with Gasteiger partial charge in [-0.2, -0.15) is 13.2 Å². The predicted molar refractivity (Wildman–Crippen MR) is 144 cm³/mol. The number of nitrogens with one attached hydrogen (secondary N) is 1. The van der Waals surface area contributed by atoms with Crippen LogP contribution in [0.1, 0.15) is 66.6 Å². The van der Waals surface area contributed by atoms with Crippen LogP contribution in [-0.4, -0.2) is 23.3 Å². The van der Waals surface area contributed by atoms with Gasteiger partial charge in [0.05, 0.1) is 5.56 Å². The van der Waals surface area contributed by atoms with Crippen molar-refractivity contribution in [2.45, 2.75) is 58.7 Å². The van der Waals surface area contributed by atoms with Crippen LogP contribution in [0.25, 0.3) is 11.1 Å². The van der Waals surface area contributed by atoms with Gasteiger partial charge in [-0.15, -0.1) is 0 Å². The molecule has 1 aliphatic heterocycles. The summed E-state index contributed by atoms with van der Waals surface area (Å²) in [6.45, 7) is 5.43. The summed E-state index contributed by atoms with van der Waals surface area (Å²) in [5.74, 6) is -0.0431. The summed E-state index contributed by atoms with van der Waals surface area (Å²) >= 11 is 0. The van der Waals surface area contributed by atoms with E-state index in [0.29, 0.717) is 35.5 Å². The molecule has 1 atom stereocenters. The molecule has 200 valence electrons. The van der Waals surface area contributed by atoms with Gasteiger partial charge < -0.3 is 10.2 Å². The minimum atomic E-state index is -4.42. The van der Waals surface area contributed by atoms with Crippen LogP contribution in [0.2, 0.25) is 0 Å². The highest BCUT2D eigenvalue weighted by Gasteiger charge is 2.30. The average molecular weight is 523 g/mol. The first-order valence-electron chi connectivity index (χ1n) is 13.2. The number of amides is 2. The van der Waals surface area contributed by atoms with Crippen molar-refractivity contribution in [3.05, 3.63) is 89.0 Å². The van der Waals surface area contributed by atoms with Gasteiger partial charge in [0.2, 0.25) is 5.91 Å². The van der Waals surface area contributed by atoms with Gasteiger partial charge >= 0.3 is 6.18 Å². The molecule has 4 rings (SSSR count). The zero-order valence-corrected chi connectivity index (χ0v) is 21.8. The molecule has 0 aliphatic carbocycles. The molecule has 0 spiro atoms. The second-order valence-corrected chi connectivity index (χ2v) is 9.82. The Kier molecular flexibility index (Phi) is 8.55. The summed E-state index contributed by atoms with van der Waals surface area (Å²) in [6, 6.07) is 17.4. The fraction of sp³-hybridized carbons (Fsp3) is 0.355. The van der Waals surface area contributed by atoms with E-state index in [1.54, 1.807) is 24.3 Å². The molecule has 0 saturated heterocycles. The molecule has 1 N–H and O–H groups in total. The lowest BCUT2D eigenvalue weighted by molar-refractivity contribution is -0.138. The highest BCUT2D eigenvalue weighted by Crippen LogP contribution is 2.32. The number of halogens is 3. The Morgan fingerprint density at radius 3 is 2.39 bits per heavy atom. The minimum Gasteiger partial charge on any atom is -0.338 e. The summed E-state index contributed by atoms with van der Waals surface area (Å²) in [7, 11) is 0. The van der Waals surface area contributed by atoms with Gasteiger partial charge in [0.15, 0.2) is 0 Å². The highest BCUT2D eigenvalue weighted by molar-refractivity contribution is 6.08. The molecule has 0 fully saturated rings. The van der Waals surface area contributed by atoms with Crippen molar-refractivity contribution in [3.8, 4) is 11.1 Å². The molecular formula is C31H33F3N2O2. The highest BCUT2D eigenvalue weighted by atomic mass is 19.4. The van der Waals surface area contributed by atoms with Gasteiger partial charge in [0, 0.05) is 30.3 Å². The summed E-state index contributed by atoms with van der Waals surface area (Å²) < 4.78 is 38.9. The van der Waals surface area contributed by atoms with Gasteiger partial charge in [0.1, 0.15) is 0 Å². The van der Waals surface area contributed by atoms with Crippen molar-refractivity contribution < 1.29 is 22.8 Å². The van der Waals surface area contributed by atoms with E-state index >= 15 is 0 Å². The molecular weight excluding hydrogens is 489 g/mol. The fourth-order valence-corrected chi connectivity index (χ4v) is 5.00. The van der Waals surface area contributed by atoms with Gasteiger partial charge in [-0.3, -0.25) is 9.59 Å². The monoisotopic (exact) mass is 522 g/mol. The zero-order chi connectivity index (χ0) is 27.3. The number of alkyl halides is 3. The maximum Gasteiger partial charge on any atom is 0.416 e. The van der Waals surface area contributed by atoms with Crippen LogP contribution in [0.15, 0.2) is 66.7 Å². The molecule has 0 saturated carbocycles. The van der Waals surface area contributed by atoms with Gasteiger partial charge in [-0.05, 0) is 71.8 Å². The van der Waals surface area contributed by atoms with Crippen LogP contribution in [0.3, 0.4) is 0 Å². The molecule has 4 nitrogen and oxygen atoms in total. The zero-order valence-electron chi connectivity index (χ0n) is 21.8. The Morgan fingerprint density at radius 2 is 1.71 bits per heavy atom. The van der Waals surface area contributed by atoms with Gasteiger partial charge in [-0.25, -0.2) is 0 Å². The fourth-order valence-electron chi connectivity index (χ4n) is 5.00. The van der Waals surface area contributed by atoms with Crippen LogP contribution in [0.5, 0.6) is 0 Å². The third-order valence-corrected chi connectivity index (χ3v) is 7.23. The third kappa shape index (κ3) is 6.26. The lowest BCUT2D eigenvalue weighted by Crippen LogP contribution is -2.39. The normalized spacial score (nSPS) is 14.1. The van der Waals surface area contributed by atoms with Crippen LogP contribution < -0.4 is 5.32 Å². The maximum atomic E-state index is 13.2. The van der Waals surface area contributed by atoms with E-state index in [2.05, 4.69) is 19.2 Å². The van der Waals surface area contributed by atoms with Crippen LogP contribution >= 0.6 is 0 Å². The standard InChI is InChI=1S/C31H33F3N2O2/c1-3-5-8-21(4-2)30(38)36-18-17-23-19-26(16-13-24(23)20-36)35-29(37)28-10-7-6-9-27(28)22-11-14-25(15-12-22)31(32,33)34/h6-7,9-16,19,21H,3-5,8,17-18,20H2,1-2H3,(H,35,37). The number of unbranched alkanes of at least 4 members (excludes halogenated alkanes) is 1. The number of fused-ring (bicyclic) bond motifs is 1. The van der Waals surface area contributed by atoms with E-state index in [9.17, 15) is 22.8 Å². The summed E-state index contributed by atoms with van der Waals surface area (Å²) in [6.07, 6.45) is 0.209. The second-order valence-electron chi connectivity index (χ2n) is 9.82. The lowest BCUT2D eigenvalue weighted by atomic mass is 9.94. The summed E-state index contributed by atoms with van der Waals surface area (Å²) in [5.41, 5.74) is 3.55. The van der Waals surface area contributed by atoms with Crippen molar-refractivity contribution >= 4 is 17.5 Å². The van der Waals surface area contributed by atoms with E-state index in [4.69, 9.17) is 0 Å². The number of carbonyl (C=O) groups excluding carboxylic acids is 2. The van der Waals surface area contributed by atoms with Gasteiger partial charge in [0.25, 0.3) is 5.91 Å². The number of anilines is 1. The van der Waals surface area contributed by atoms with E-state index in [0.717, 1.165) is 55.4 Å². The molecule has 3 aromatic carbocycles. The number of rotatable bonds is 8. The first-order chi connectivity index (χ1) is 18.2. The molecule has 0 radical (unpaired) electrons. The predicted octanol–water partition coefficient (Wildman–Crippen LogP) is 7.73. The molecule has 1 aliphatic rings. The molecule has 38 heavy (non-hydrogen) atoms. The molecule has 0 aromatic heterocycles. The first-order valence-corrected chi connectivity index (χ1v) is 13.2. The third-order valence-electron chi connectivity index (χ3n) is 7.23. The molecule has 1 heterocycles. The van der Waals surface area contributed by atoms with Crippen LogP contribution in [0.4, 0.5) is 18.9 Å². The molecule has 1 unspecified atom stereocenters. The van der Waals surface area contributed by atoms with Crippen molar-refractivity contribution in [1.29, 1.82) is 0 Å². The molecule has 2 amide bonds. The summed E-state index contributed by atoms with van der Waals surface area (Å²) in [4.78, 5) is 28.2. The number of hydrogen-bond donors (Lipinski definition) is 1. The van der Waals surface area contributed by atoms with E-state index in [1.807, 2.05) is 23.1 Å². The Morgan fingerprint density at radius 1 is 0.974 bits per heavy atom. The second kappa shape index (κ2) is 11.8. The maximum absolute atomic E-state index is 13.2. The smallest absolute Gasteiger partial charge is 0.338 e. The Hall–Kier alpha value is -3.61. The van der Waals surface area contributed by atoms with Crippen molar-refractivity contribution in [2.24, 2.45) is 5.92 Å². The van der Waals surface area contributed by atoms with Crippen LogP contribution in [-0.2, 0) is 23.9 Å². The number of hydrogen-bond acceptors (Lipinski definition) is 2. The van der Waals surface area contributed by atoms with Crippen LogP contribution in [0, 0.1) is 5.92 Å². The van der Waals surface area contributed by atoms with E-state index in [1.165, 1.54) is 12.1 Å². The van der Waals surface area contributed by atoms with Crippen molar-refractivity contribution in [2.75, 3.05) is 11.9 Å².